The molecule has 1 fully saturated rings. The first-order chi connectivity index (χ1) is 12.5. The molecule has 0 radical (unpaired) electrons. The number of benzene rings is 1. The Bertz CT molecular complexity index is 776. The van der Waals surface area contributed by atoms with E-state index in [2.05, 4.69) is 15.3 Å². The summed E-state index contributed by atoms with van der Waals surface area (Å²) in [6.07, 6.45) is 1.82. The predicted molar refractivity (Wildman–Crippen MR) is 96.3 cm³/mol. The number of anilines is 2. The molecular formula is C18H22N4O4. The molecule has 1 aliphatic heterocycles. The van der Waals surface area contributed by atoms with Crippen molar-refractivity contribution in [2.24, 2.45) is 0 Å². The lowest BCUT2D eigenvalue weighted by atomic mass is 10.1. The standard InChI is InChI=1S/C18H22N4O4/c1-12-9-14(25-2)3-4-15(12)21-16-10-17(20-11-19-16)26-13-5-7-22(8-6-13)18(23)24/h3-4,9-11,13H,5-8H2,1-2H3,(H,23,24)(H,19,20,21). The van der Waals surface area contributed by atoms with Gasteiger partial charge in [0, 0.05) is 37.7 Å². The molecule has 2 heterocycles. The lowest BCUT2D eigenvalue weighted by Crippen LogP contribution is -2.41. The Kier molecular flexibility index (Phi) is 5.40. The molecule has 0 bridgehead atoms. The summed E-state index contributed by atoms with van der Waals surface area (Å²) in [4.78, 5) is 20.7. The molecule has 1 amide bonds. The molecule has 3 rings (SSSR count). The molecule has 0 saturated carbocycles. The monoisotopic (exact) mass is 358 g/mol. The van der Waals surface area contributed by atoms with E-state index in [1.54, 1.807) is 13.2 Å². The van der Waals surface area contributed by atoms with E-state index in [9.17, 15) is 4.79 Å². The van der Waals surface area contributed by atoms with Gasteiger partial charge >= 0.3 is 6.09 Å². The molecule has 1 aliphatic rings. The van der Waals surface area contributed by atoms with E-state index in [1.165, 1.54) is 11.2 Å². The molecule has 26 heavy (non-hydrogen) atoms. The van der Waals surface area contributed by atoms with Gasteiger partial charge in [-0.15, -0.1) is 0 Å². The van der Waals surface area contributed by atoms with Gasteiger partial charge in [0.15, 0.2) is 0 Å². The van der Waals surface area contributed by atoms with Crippen LogP contribution in [0.3, 0.4) is 0 Å². The predicted octanol–water partition coefficient (Wildman–Crippen LogP) is 3.06. The van der Waals surface area contributed by atoms with Crippen LogP contribution in [-0.2, 0) is 0 Å². The van der Waals surface area contributed by atoms with Crippen molar-refractivity contribution in [1.29, 1.82) is 0 Å². The summed E-state index contributed by atoms with van der Waals surface area (Å²) in [5.74, 6) is 1.90. The number of rotatable bonds is 5. The van der Waals surface area contributed by atoms with Crippen molar-refractivity contribution in [3.63, 3.8) is 0 Å². The molecule has 0 atom stereocenters. The Hall–Kier alpha value is -3.03. The second kappa shape index (κ2) is 7.90. The van der Waals surface area contributed by atoms with Crippen LogP contribution in [0.2, 0.25) is 0 Å². The zero-order valence-corrected chi connectivity index (χ0v) is 14.8. The molecule has 0 aliphatic carbocycles. The first-order valence-electron chi connectivity index (χ1n) is 8.43. The van der Waals surface area contributed by atoms with Crippen LogP contribution in [0.1, 0.15) is 18.4 Å². The largest absolute Gasteiger partial charge is 0.497 e. The minimum atomic E-state index is -0.883. The first kappa shape index (κ1) is 17.8. The number of nitrogens with zero attached hydrogens (tertiary/aromatic N) is 3. The number of hydrogen-bond acceptors (Lipinski definition) is 6. The van der Waals surface area contributed by atoms with Gasteiger partial charge in [0.1, 0.15) is 24.0 Å². The van der Waals surface area contributed by atoms with Gasteiger partial charge in [-0.2, -0.15) is 0 Å². The van der Waals surface area contributed by atoms with Crippen LogP contribution in [0, 0.1) is 6.92 Å². The molecule has 0 unspecified atom stereocenters. The molecule has 1 aromatic carbocycles. The second-order valence-corrected chi connectivity index (χ2v) is 6.13. The minimum absolute atomic E-state index is 0.0453. The Balaban J connectivity index is 1.63. The van der Waals surface area contributed by atoms with Crippen LogP contribution in [0.25, 0.3) is 0 Å². The van der Waals surface area contributed by atoms with Gasteiger partial charge in [-0.3, -0.25) is 0 Å². The van der Waals surface area contributed by atoms with Crippen LogP contribution in [0.15, 0.2) is 30.6 Å². The van der Waals surface area contributed by atoms with E-state index in [1.807, 2.05) is 25.1 Å². The summed E-state index contributed by atoms with van der Waals surface area (Å²) in [5, 5.41) is 12.2. The van der Waals surface area contributed by atoms with Crippen molar-refractivity contribution in [3.8, 4) is 11.6 Å². The average Bonchev–Trinajstić information content (AvgIpc) is 2.64. The highest BCUT2D eigenvalue weighted by molar-refractivity contribution is 5.65. The van der Waals surface area contributed by atoms with Crippen LogP contribution in [0.5, 0.6) is 11.6 Å². The summed E-state index contributed by atoms with van der Waals surface area (Å²) in [6, 6.07) is 7.49. The van der Waals surface area contributed by atoms with Crippen LogP contribution in [0.4, 0.5) is 16.3 Å². The third-order valence-corrected chi connectivity index (χ3v) is 4.34. The molecule has 0 spiro atoms. The topological polar surface area (TPSA) is 96.8 Å². The Labute approximate surface area is 151 Å². The molecule has 8 nitrogen and oxygen atoms in total. The Morgan fingerprint density at radius 3 is 2.69 bits per heavy atom. The average molecular weight is 358 g/mol. The van der Waals surface area contributed by atoms with Gasteiger partial charge in [-0.1, -0.05) is 0 Å². The van der Waals surface area contributed by atoms with Gasteiger partial charge in [-0.05, 0) is 30.7 Å². The number of methoxy groups -OCH3 is 1. The number of piperidine rings is 1. The van der Waals surface area contributed by atoms with E-state index < -0.39 is 6.09 Å². The Morgan fingerprint density at radius 2 is 2.04 bits per heavy atom. The highest BCUT2D eigenvalue weighted by Crippen LogP contribution is 2.25. The molecule has 1 saturated heterocycles. The number of aryl methyl sites for hydroxylation is 1. The number of likely N-dealkylation sites (tertiary alicyclic amines) is 1. The van der Waals surface area contributed by atoms with Crippen molar-refractivity contribution in [2.75, 3.05) is 25.5 Å². The fraction of sp³-hybridized carbons (Fsp3) is 0.389. The highest BCUT2D eigenvalue weighted by atomic mass is 16.5. The number of nitrogens with one attached hydrogen (secondary N) is 1. The second-order valence-electron chi connectivity index (χ2n) is 6.13. The maximum Gasteiger partial charge on any atom is 0.407 e. The van der Waals surface area contributed by atoms with E-state index >= 15 is 0 Å². The van der Waals surface area contributed by atoms with Gasteiger partial charge in [-0.25, -0.2) is 14.8 Å². The number of amides is 1. The fourth-order valence-corrected chi connectivity index (χ4v) is 2.85. The molecule has 8 heteroatoms. The zero-order chi connectivity index (χ0) is 18.5. The van der Waals surface area contributed by atoms with Gasteiger partial charge in [0.05, 0.1) is 7.11 Å². The summed E-state index contributed by atoms with van der Waals surface area (Å²) in [7, 11) is 1.64. The van der Waals surface area contributed by atoms with Gasteiger partial charge in [0.2, 0.25) is 5.88 Å². The summed E-state index contributed by atoms with van der Waals surface area (Å²) >= 11 is 0. The van der Waals surface area contributed by atoms with Crippen molar-refractivity contribution in [2.45, 2.75) is 25.9 Å². The van der Waals surface area contributed by atoms with E-state index in [-0.39, 0.29) is 6.10 Å². The number of carboxylic acid groups (broad SMARTS) is 1. The summed E-state index contributed by atoms with van der Waals surface area (Å²) in [5.41, 5.74) is 1.96. The highest BCUT2D eigenvalue weighted by Gasteiger charge is 2.23. The molecule has 2 N–H and O–H groups in total. The van der Waals surface area contributed by atoms with Crippen LogP contribution in [-0.4, -0.2) is 52.4 Å². The smallest absolute Gasteiger partial charge is 0.407 e. The van der Waals surface area contributed by atoms with Crippen molar-refractivity contribution in [3.05, 3.63) is 36.2 Å². The lowest BCUT2D eigenvalue weighted by Gasteiger charge is -2.29. The van der Waals surface area contributed by atoms with Gasteiger partial charge in [0.25, 0.3) is 0 Å². The number of hydrogen-bond donors (Lipinski definition) is 2. The third-order valence-electron chi connectivity index (χ3n) is 4.34. The number of carbonyl (C=O) groups is 1. The van der Waals surface area contributed by atoms with Crippen molar-refractivity contribution < 1.29 is 19.4 Å². The fourth-order valence-electron chi connectivity index (χ4n) is 2.85. The molecule has 138 valence electrons. The molecule has 2 aromatic rings. The van der Waals surface area contributed by atoms with Crippen molar-refractivity contribution in [1.82, 2.24) is 14.9 Å². The van der Waals surface area contributed by atoms with E-state index in [0.29, 0.717) is 37.6 Å². The van der Waals surface area contributed by atoms with E-state index in [0.717, 1.165) is 17.0 Å². The van der Waals surface area contributed by atoms with Crippen molar-refractivity contribution >= 4 is 17.6 Å². The van der Waals surface area contributed by atoms with Crippen LogP contribution >= 0.6 is 0 Å². The summed E-state index contributed by atoms with van der Waals surface area (Å²) in [6.45, 7) is 2.93. The third kappa shape index (κ3) is 4.33. The van der Waals surface area contributed by atoms with Crippen LogP contribution < -0.4 is 14.8 Å². The lowest BCUT2D eigenvalue weighted by molar-refractivity contribution is 0.0870. The maximum atomic E-state index is 11.0. The summed E-state index contributed by atoms with van der Waals surface area (Å²) < 4.78 is 11.1. The zero-order valence-electron chi connectivity index (χ0n) is 14.8. The normalized spacial score (nSPS) is 14.8. The first-order valence-corrected chi connectivity index (χ1v) is 8.43. The Morgan fingerprint density at radius 1 is 1.27 bits per heavy atom. The van der Waals surface area contributed by atoms with E-state index in [4.69, 9.17) is 14.6 Å². The molecular weight excluding hydrogens is 336 g/mol. The van der Waals surface area contributed by atoms with Gasteiger partial charge < -0.3 is 24.8 Å². The number of ether oxygens (including phenoxy) is 2. The maximum absolute atomic E-state index is 11.0. The minimum Gasteiger partial charge on any atom is -0.497 e. The number of aromatic nitrogens is 2. The quantitative estimate of drug-likeness (QED) is 0.848. The molecule has 1 aromatic heterocycles. The SMILES string of the molecule is COc1ccc(Nc2cc(OC3CCN(C(=O)O)CC3)ncn2)c(C)c1.